The molecule has 0 radical (unpaired) electrons. The molecule has 5 heterocycles. The summed E-state index contributed by atoms with van der Waals surface area (Å²) in [6.07, 6.45) is 5.59. The Morgan fingerprint density at radius 2 is 1.14 bits per heavy atom. The summed E-state index contributed by atoms with van der Waals surface area (Å²) in [6.45, 7) is 0. The summed E-state index contributed by atoms with van der Waals surface area (Å²) in [5, 5.41) is 7.36. The lowest BCUT2D eigenvalue weighted by molar-refractivity contribution is 1.33. The maximum absolute atomic E-state index is 5.16. The van der Waals surface area contributed by atoms with Gasteiger partial charge in [-0.05, 0) is 24.3 Å². The second-order valence-corrected chi connectivity index (χ2v) is 8.97. The van der Waals surface area contributed by atoms with Gasteiger partial charge in [-0.2, -0.15) is 0 Å². The minimum atomic E-state index is 0.810. The van der Waals surface area contributed by atoms with Crippen LogP contribution in [0, 0.1) is 0 Å². The molecule has 0 saturated heterocycles. The molecule has 0 aliphatic heterocycles. The van der Waals surface area contributed by atoms with Crippen LogP contribution in [-0.2, 0) is 0 Å². The van der Waals surface area contributed by atoms with Gasteiger partial charge in [0.25, 0.3) is 0 Å². The second kappa shape index (κ2) is 7.23. The van der Waals surface area contributed by atoms with Crippen LogP contribution in [0.15, 0.2) is 104 Å². The van der Waals surface area contributed by atoms with Gasteiger partial charge in [0.1, 0.15) is 0 Å². The third-order valence-corrected chi connectivity index (χ3v) is 6.95. The van der Waals surface area contributed by atoms with Crippen molar-refractivity contribution in [3.63, 3.8) is 0 Å². The van der Waals surface area contributed by atoms with Gasteiger partial charge in [-0.1, -0.05) is 60.7 Å². The standard InChI is InChI=1S/C31H17N5/c1-2-8-24-21(7-1)23-17-34-30-22(13-11-19-6-4-16-33-28(19)30)26(23)31(35-24)25-14-12-20-10-9-18-5-3-15-32-27(18)29(20)36-25/h1-17H. The zero-order valence-corrected chi connectivity index (χ0v) is 19.1. The van der Waals surface area contributed by atoms with Gasteiger partial charge in [0.05, 0.1) is 39.0 Å². The Hall–Kier alpha value is -5.03. The first-order valence-electron chi connectivity index (χ1n) is 11.8. The van der Waals surface area contributed by atoms with Gasteiger partial charge in [-0.3, -0.25) is 15.0 Å². The minimum Gasteiger partial charge on any atom is -0.254 e. The molecule has 0 bridgehead atoms. The maximum atomic E-state index is 5.16. The number of pyridine rings is 5. The van der Waals surface area contributed by atoms with E-state index in [2.05, 4.69) is 64.6 Å². The van der Waals surface area contributed by atoms with Crippen LogP contribution in [0.2, 0.25) is 0 Å². The Morgan fingerprint density at radius 1 is 0.444 bits per heavy atom. The molecule has 5 aromatic heterocycles. The van der Waals surface area contributed by atoms with Gasteiger partial charge in [-0.25, -0.2) is 9.97 Å². The number of hydrogen-bond acceptors (Lipinski definition) is 5. The van der Waals surface area contributed by atoms with Crippen molar-refractivity contribution in [1.29, 1.82) is 0 Å². The summed E-state index contributed by atoms with van der Waals surface area (Å²) in [4.78, 5) is 24.5. The number of aromatic nitrogens is 5. The fourth-order valence-corrected chi connectivity index (χ4v) is 5.28. The number of fused-ring (bicyclic) bond motifs is 10. The van der Waals surface area contributed by atoms with E-state index in [-0.39, 0.29) is 0 Å². The normalized spacial score (nSPS) is 11.9. The molecular formula is C31H17N5. The molecule has 36 heavy (non-hydrogen) atoms. The lowest BCUT2D eigenvalue weighted by Crippen LogP contribution is -1.96. The van der Waals surface area contributed by atoms with Crippen molar-refractivity contribution in [2.45, 2.75) is 0 Å². The topological polar surface area (TPSA) is 64.5 Å². The molecule has 0 aliphatic carbocycles. The van der Waals surface area contributed by atoms with E-state index in [1.807, 2.05) is 48.9 Å². The summed E-state index contributed by atoms with van der Waals surface area (Å²) in [5.74, 6) is 0. The quantitative estimate of drug-likeness (QED) is 0.242. The SMILES string of the molecule is c1cnc2c(c1)ccc1ccc(-c3nc4ccccc4c4cnc5c(ccc6cccnc65)c34)nc12. The Balaban J connectivity index is 1.56. The zero-order valence-electron chi connectivity index (χ0n) is 19.1. The Bertz CT molecular complexity index is 2170. The molecule has 0 aliphatic rings. The fourth-order valence-electron chi connectivity index (χ4n) is 5.28. The molecule has 0 N–H and O–H groups in total. The van der Waals surface area contributed by atoms with Crippen molar-refractivity contribution in [2.75, 3.05) is 0 Å². The van der Waals surface area contributed by atoms with Crippen molar-refractivity contribution in [3.8, 4) is 11.4 Å². The number of benzene rings is 3. The summed E-state index contributed by atoms with van der Waals surface area (Å²) in [6, 6.07) is 28.8. The molecule has 8 aromatic rings. The summed E-state index contributed by atoms with van der Waals surface area (Å²) >= 11 is 0. The third kappa shape index (κ3) is 2.68. The van der Waals surface area contributed by atoms with Crippen molar-refractivity contribution < 1.29 is 0 Å². The maximum Gasteiger partial charge on any atom is 0.0979 e. The van der Waals surface area contributed by atoms with Crippen LogP contribution in [-0.4, -0.2) is 24.9 Å². The Labute approximate surface area is 205 Å². The van der Waals surface area contributed by atoms with E-state index in [9.17, 15) is 0 Å². The summed E-state index contributed by atoms with van der Waals surface area (Å²) < 4.78 is 0. The highest BCUT2D eigenvalue weighted by molar-refractivity contribution is 6.23. The van der Waals surface area contributed by atoms with Crippen molar-refractivity contribution in [2.24, 2.45) is 0 Å². The van der Waals surface area contributed by atoms with E-state index in [4.69, 9.17) is 15.0 Å². The van der Waals surface area contributed by atoms with Crippen molar-refractivity contribution in [3.05, 3.63) is 104 Å². The molecule has 0 amide bonds. The third-order valence-electron chi connectivity index (χ3n) is 6.95. The molecule has 0 unspecified atom stereocenters. The first kappa shape index (κ1) is 19.3. The van der Waals surface area contributed by atoms with E-state index < -0.39 is 0 Å². The molecule has 0 fully saturated rings. The Kier molecular flexibility index (Phi) is 3.88. The van der Waals surface area contributed by atoms with Crippen LogP contribution < -0.4 is 0 Å². The van der Waals surface area contributed by atoms with Gasteiger partial charge in [0, 0.05) is 56.3 Å². The van der Waals surface area contributed by atoms with Crippen molar-refractivity contribution >= 4 is 65.3 Å². The number of nitrogens with zero attached hydrogens (tertiary/aromatic N) is 5. The summed E-state index contributed by atoms with van der Waals surface area (Å²) in [5.41, 5.74) is 6.08. The van der Waals surface area contributed by atoms with Crippen LogP contribution in [0.25, 0.3) is 76.7 Å². The average molecular weight is 460 g/mol. The van der Waals surface area contributed by atoms with Crippen LogP contribution in [0.3, 0.4) is 0 Å². The van der Waals surface area contributed by atoms with Crippen LogP contribution in [0.5, 0.6) is 0 Å². The second-order valence-electron chi connectivity index (χ2n) is 8.97. The van der Waals surface area contributed by atoms with E-state index in [1.165, 1.54) is 0 Å². The van der Waals surface area contributed by atoms with E-state index in [0.29, 0.717) is 0 Å². The fraction of sp³-hybridized carbons (Fsp3) is 0. The van der Waals surface area contributed by atoms with E-state index >= 15 is 0 Å². The molecule has 0 spiro atoms. The highest BCUT2D eigenvalue weighted by Gasteiger charge is 2.17. The molecule has 5 heteroatoms. The minimum absolute atomic E-state index is 0.810. The molecule has 5 nitrogen and oxygen atoms in total. The number of hydrogen-bond donors (Lipinski definition) is 0. The first-order chi connectivity index (χ1) is 17.8. The first-order valence-corrected chi connectivity index (χ1v) is 11.8. The molecular weight excluding hydrogens is 442 g/mol. The van der Waals surface area contributed by atoms with E-state index in [1.54, 1.807) is 0 Å². The highest BCUT2D eigenvalue weighted by Crippen LogP contribution is 2.38. The molecule has 166 valence electrons. The monoisotopic (exact) mass is 459 g/mol. The van der Waals surface area contributed by atoms with Gasteiger partial charge in [0.2, 0.25) is 0 Å². The Morgan fingerprint density at radius 3 is 1.97 bits per heavy atom. The molecule has 0 atom stereocenters. The van der Waals surface area contributed by atoms with Gasteiger partial charge in [0.15, 0.2) is 0 Å². The highest BCUT2D eigenvalue weighted by atomic mass is 14.8. The van der Waals surface area contributed by atoms with Gasteiger partial charge < -0.3 is 0 Å². The molecule has 3 aromatic carbocycles. The number of para-hydroxylation sites is 1. The average Bonchev–Trinajstić information content (AvgIpc) is 2.96. The zero-order chi connectivity index (χ0) is 23.6. The predicted octanol–water partition coefficient (Wildman–Crippen LogP) is 7.25. The van der Waals surface area contributed by atoms with Crippen molar-refractivity contribution in [1.82, 2.24) is 24.9 Å². The van der Waals surface area contributed by atoms with E-state index in [0.717, 1.165) is 76.7 Å². The van der Waals surface area contributed by atoms with Gasteiger partial charge >= 0.3 is 0 Å². The molecule has 0 saturated carbocycles. The molecule has 8 rings (SSSR count). The van der Waals surface area contributed by atoms with Crippen LogP contribution in [0.4, 0.5) is 0 Å². The van der Waals surface area contributed by atoms with Crippen LogP contribution >= 0.6 is 0 Å². The smallest absolute Gasteiger partial charge is 0.0979 e. The summed E-state index contributed by atoms with van der Waals surface area (Å²) in [7, 11) is 0. The van der Waals surface area contributed by atoms with Gasteiger partial charge in [-0.15, -0.1) is 0 Å². The predicted molar refractivity (Wildman–Crippen MR) is 146 cm³/mol. The van der Waals surface area contributed by atoms with Crippen LogP contribution in [0.1, 0.15) is 0 Å². The lowest BCUT2D eigenvalue weighted by Gasteiger charge is -2.13. The number of rotatable bonds is 1. The largest absolute Gasteiger partial charge is 0.254 e. The lowest BCUT2D eigenvalue weighted by atomic mass is 9.98.